The third-order valence-electron chi connectivity index (χ3n) is 6.66. The van der Waals surface area contributed by atoms with E-state index in [0.717, 1.165) is 36.2 Å². The van der Waals surface area contributed by atoms with E-state index in [1.54, 1.807) is 0 Å². The lowest BCUT2D eigenvalue weighted by Crippen LogP contribution is -2.47. The van der Waals surface area contributed by atoms with Gasteiger partial charge in [-0.1, -0.05) is 23.7 Å². The van der Waals surface area contributed by atoms with Crippen molar-refractivity contribution in [3.05, 3.63) is 77.0 Å². The Balaban J connectivity index is 1.50. The zero-order chi connectivity index (χ0) is 27.7. The summed E-state index contributed by atoms with van der Waals surface area (Å²) in [5.74, 6) is -0.954. The van der Waals surface area contributed by atoms with Crippen LogP contribution < -0.4 is 10.0 Å². The van der Waals surface area contributed by atoms with E-state index in [1.165, 1.54) is 24.4 Å². The molecule has 0 spiro atoms. The number of likely N-dealkylation sites (N-methyl/N-ethyl adjacent to an activating group) is 1. The first-order valence-corrected chi connectivity index (χ1v) is 13.6. The molecule has 7 nitrogen and oxygen atoms in total. The predicted molar refractivity (Wildman–Crippen MR) is 137 cm³/mol. The zero-order valence-electron chi connectivity index (χ0n) is 20.5. The average molecular weight is 572 g/mol. The lowest BCUT2D eigenvalue weighted by atomic mass is 9.78. The fourth-order valence-electron chi connectivity index (χ4n) is 4.72. The van der Waals surface area contributed by atoms with Crippen molar-refractivity contribution in [1.82, 2.24) is 14.9 Å². The molecule has 1 saturated carbocycles. The van der Waals surface area contributed by atoms with Crippen LogP contribution in [0.5, 0.6) is 0 Å². The molecule has 1 aliphatic carbocycles. The van der Waals surface area contributed by atoms with Gasteiger partial charge in [-0.3, -0.25) is 4.72 Å². The number of halogens is 5. The normalized spacial score (nSPS) is 20.4. The molecule has 204 valence electrons. The number of aromatic nitrogens is 2. The Hall–Kier alpha value is -2.96. The zero-order valence-corrected chi connectivity index (χ0v) is 22.1. The number of sulfonamides is 1. The number of nitrogens with one attached hydrogen (secondary N) is 2. The summed E-state index contributed by atoms with van der Waals surface area (Å²) >= 11 is 6.38. The van der Waals surface area contributed by atoms with Gasteiger partial charge in [-0.2, -0.15) is 13.2 Å². The first-order chi connectivity index (χ1) is 17.8. The molecule has 38 heavy (non-hydrogen) atoms. The third-order valence-corrected chi connectivity index (χ3v) is 8.34. The second kappa shape index (κ2) is 11.0. The van der Waals surface area contributed by atoms with Gasteiger partial charge in [0.15, 0.2) is 0 Å². The molecule has 0 radical (unpaired) electrons. The van der Waals surface area contributed by atoms with Crippen molar-refractivity contribution < 1.29 is 26.0 Å². The Morgan fingerprint density at radius 1 is 1.08 bits per heavy atom. The van der Waals surface area contributed by atoms with Gasteiger partial charge >= 0.3 is 6.18 Å². The van der Waals surface area contributed by atoms with Crippen LogP contribution in [0.4, 0.5) is 29.1 Å². The maximum atomic E-state index is 15.0. The highest BCUT2D eigenvalue weighted by Crippen LogP contribution is 2.39. The average Bonchev–Trinajstić information content (AvgIpc) is 2.86. The second-order valence-electron chi connectivity index (χ2n) is 9.37. The number of anilines is 2. The molecule has 1 unspecified atom stereocenters. The molecule has 0 amide bonds. The van der Waals surface area contributed by atoms with Gasteiger partial charge in [0, 0.05) is 18.3 Å². The van der Waals surface area contributed by atoms with E-state index in [9.17, 15) is 26.0 Å². The van der Waals surface area contributed by atoms with Crippen LogP contribution in [0.25, 0.3) is 0 Å². The molecular formula is C25H26ClF4N5O2S. The smallest absolute Gasteiger partial charge is 0.379 e. The molecule has 0 aliphatic heterocycles. The molecule has 2 aromatic carbocycles. The fourth-order valence-corrected chi connectivity index (χ4v) is 6.10. The standard InChI is InChI=1S/C25H26ClF4N5O2S/c1-35(2)22-11-16(15-3-6-17(7-4-15)25(28,29)30)5-8-20(22)33-21-13-19(27)23(12-18(21)26)38(36,37)34-24-9-10-31-14-32-24/h3-4,6-7,9-10,12-14,16,20,22,33H,5,8,11H2,1-2H3,(H,31,32,34)/t16-,20?,22-/m0/s1. The SMILES string of the molecule is CN(C)[C@H]1C[C@@H](c2ccc(C(F)(F)F)cc2)CCC1Nc1cc(F)c(S(=O)(=O)Nc2ccncn2)cc1Cl. The summed E-state index contributed by atoms with van der Waals surface area (Å²) in [7, 11) is -0.509. The topological polar surface area (TPSA) is 87.2 Å². The summed E-state index contributed by atoms with van der Waals surface area (Å²) in [5.41, 5.74) is 0.392. The molecule has 1 heterocycles. The van der Waals surface area contributed by atoms with E-state index in [2.05, 4.69) is 20.0 Å². The van der Waals surface area contributed by atoms with Crippen LogP contribution in [-0.2, 0) is 16.2 Å². The predicted octanol–water partition coefficient (Wildman–Crippen LogP) is 5.77. The van der Waals surface area contributed by atoms with Crippen LogP contribution in [-0.4, -0.2) is 49.5 Å². The van der Waals surface area contributed by atoms with Gasteiger partial charge in [0.1, 0.15) is 22.9 Å². The Morgan fingerprint density at radius 3 is 2.39 bits per heavy atom. The number of nitrogens with zero attached hydrogens (tertiary/aromatic N) is 3. The maximum Gasteiger partial charge on any atom is 0.416 e. The van der Waals surface area contributed by atoms with Crippen LogP contribution in [0.3, 0.4) is 0 Å². The van der Waals surface area contributed by atoms with Gasteiger partial charge < -0.3 is 10.2 Å². The van der Waals surface area contributed by atoms with Crippen molar-refractivity contribution >= 4 is 33.1 Å². The molecule has 0 saturated heterocycles. The van der Waals surface area contributed by atoms with Gasteiger partial charge in [0.05, 0.1) is 16.3 Å². The molecule has 2 N–H and O–H groups in total. The molecule has 1 fully saturated rings. The van der Waals surface area contributed by atoms with Crippen molar-refractivity contribution in [3.63, 3.8) is 0 Å². The van der Waals surface area contributed by atoms with Crippen LogP contribution in [0.15, 0.2) is 59.9 Å². The van der Waals surface area contributed by atoms with E-state index >= 15 is 0 Å². The summed E-state index contributed by atoms with van der Waals surface area (Å²) in [4.78, 5) is 8.87. The number of hydrogen-bond acceptors (Lipinski definition) is 6. The summed E-state index contributed by atoms with van der Waals surface area (Å²) < 4.78 is 81.4. The summed E-state index contributed by atoms with van der Waals surface area (Å²) in [5, 5.41) is 3.28. The Kier molecular flexibility index (Phi) is 8.15. The summed E-state index contributed by atoms with van der Waals surface area (Å²) in [6.45, 7) is 0. The minimum Gasteiger partial charge on any atom is -0.379 e. The highest BCUT2D eigenvalue weighted by atomic mass is 35.5. The summed E-state index contributed by atoms with van der Waals surface area (Å²) in [6, 6.07) is 8.46. The van der Waals surface area contributed by atoms with E-state index in [0.29, 0.717) is 19.3 Å². The number of hydrogen-bond donors (Lipinski definition) is 2. The van der Waals surface area contributed by atoms with Gasteiger partial charge in [0.2, 0.25) is 0 Å². The quantitative estimate of drug-likeness (QED) is 0.350. The van der Waals surface area contributed by atoms with E-state index in [1.807, 2.05) is 19.0 Å². The van der Waals surface area contributed by atoms with Crippen molar-refractivity contribution in [2.75, 3.05) is 24.1 Å². The van der Waals surface area contributed by atoms with Crippen molar-refractivity contribution in [2.45, 2.75) is 48.3 Å². The van der Waals surface area contributed by atoms with Crippen LogP contribution in [0, 0.1) is 5.82 Å². The Labute approximate surface area is 223 Å². The number of rotatable bonds is 7. The molecule has 13 heteroatoms. The molecule has 4 rings (SSSR count). The Morgan fingerprint density at radius 2 is 1.79 bits per heavy atom. The van der Waals surface area contributed by atoms with Crippen molar-refractivity contribution in [3.8, 4) is 0 Å². The maximum absolute atomic E-state index is 15.0. The fraction of sp³-hybridized carbons (Fsp3) is 0.360. The molecule has 1 aromatic heterocycles. The minimum absolute atomic E-state index is 0.0173. The number of alkyl halides is 3. The first-order valence-electron chi connectivity index (χ1n) is 11.7. The van der Waals surface area contributed by atoms with Crippen LogP contribution >= 0.6 is 11.6 Å². The van der Waals surface area contributed by atoms with E-state index in [4.69, 9.17) is 11.6 Å². The molecule has 3 aromatic rings. The largest absolute Gasteiger partial charge is 0.416 e. The van der Waals surface area contributed by atoms with E-state index < -0.39 is 32.5 Å². The molecular weight excluding hydrogens is 546 g/mol. The number of benzene rings is 2. The highest BCUT2D eigenvalue weighted by Gasteiger charge is 2.35. The van der Waals surface area contributed by atoms with Gasteiger partial charge in [-0.25, -0.2) is 22.8 Å². The van der Waals surface area contributed by atoms with E-state index in [-0.39, 0.29) is 34.5 Å². The third kappa shape index (κ3) is 6.36. The molecule has 3 atom stereocenters. The van der Waals surface area contributed by atoms with Gasteiger partial charge in [-0.05, 0) is 75.2 Å². The van der Waals surface area contributed by atoms with Crippen molar-refractivity contribution in [2.24, 2.45) is 0 Å². The van der Waals surface area contributed by atoms with Crippen LogP contribution in [0.1, 0.15) is 36.3 Å². The lowest BCUT2D eigenvalue weighted by molar-refractivity contribution is -0.137. The van der Waals surface area contributed by atoms with Gasteiger partial charge in [0.25, 0.3) is 10.0 Å². The second-order valence-corrected chi connectivity index (χ2v) is 11.4. The highest BCUT2D eigenvalue weighted by molar-refractivity contribution is 7.92. The minimum atomic E-state index is -4.39. The van der Waals surface area contributed by atoms with Crippen LogP contribution in [0.2, 0.25) is 5.02 Å². The lowest BCUT2D eigenvalue weighted by Gasteiger charge is -2.41. The Bertz CT molecular complexity index is 1370. The first kappa shape index (κ1) is 28.1. The van der Waals surface area contributed by atoms with Crippen molar-refractivity contribution in [1.29, 1.82) is 0 Å². The summed E-state index contributed by atoms with van der Waals surface area (Å²) in [6.07, 6.45) is 0.105. The molecule has 1 aliphatic rings. The molecule has 0 bridgehead atoms. The monoisotopic (exact) mass is 571 g/mol. The van der Waals surface area contributed by atoms with Gasteiger partial charge in [-0.15, -0.1) is 0 Å².